The van der Waals surface area contributed by atoms with Crippen LogP contribution < -0.4 is 11.1 Å². The minimum Gasteiger partial charge on any atom is -0.348 e. The number of nitrogens with two attached hydrogens (primary N) is 1. The molecule has 0 bridgehead atoms. The van der Waals surface area contributed by atoms with E-state index in [1.54, 1.807) is 11.8 Å². The first-order valence-corrected chi connectivity index (χ1v) is 8.55. The molecule has 0 saturated heterocycles. The molecule has 0 saturated carbocycles. The molecule has 0 aliphatic carbocycles. The second kappa shape index (κ2) is 7.48. The fourth-order valence-electron chi connectivity index (χ4n) is 2.40. The molecule has 21 heavy (non-hydrogen) atoms. The van der Waals surface area contributed by atoms with Gasteiger partial charge < -0.3 is 11.1 Å². The third kappa shape index (κ3) is 3.99. The fraction of sp³-hybridized carbons (Fsp3) is 0.353. The maximum absolute atomic E-state index is 12.1. The van der Waals surface area contributed by atoms with Gasteiger partial charge in [0.25, 0.3) is 0 Å². The van der Waals surface area contributed by atoms with E-state index in [1.807, 2.05) is 31.4 Å². The first-order valence-electron chi connectivity index (χ1n) is 7.16. The number of hydrogen-bond acceptors (Lipinski definition) is 3. The predicted octanol–water partition coefficient (Wildman–Crippen LogP) is 3.10. The van der Waals surface area contributed by atoms with Gasteiger partial charge in [-0.05, 0) is 41.7 Å². The molecule has 2 aromatic carbocycles. The third-order valence-electron chi connectivity index (χ3n) is 3.62. The highest BCUT2D eigenvalue weighted by atomic mass is 32.2. The smallest absolute Gasteiger partial charge is 0.237 e. The summed E-state index contributed by atoms with van der Waals surface area (Å²) in [6, 6.07) is 13.9. The van der Waals surface area contributed by atoms with E-state index in [9.17, 15) is 4.79 Å². The van der Waals surface area contributed by atoms with Crippen molar-refractivity contribution in [1.29, 1.82) is 0 Å². The van der Waals surface area contributed by atoms with E-state index in [2.05, 4.69) is 29.6 Å². The SMILES string of the molecule is CSCC[C@H](N)C(=O)NC(C)c1cccc2ccccc12. The van der Waals surface area contributed by atoms with Crippen LogP contribution >= 0.6 is 11.8 Å². The van der Waals surface area contributed by atoms with Crippen LogP contribution in [0, 0.1) is 0 Å². The van der Waals surface area contributed by atoms with Gasteiger partial charge in [-0.15, -0.1) is 0 Å². The Morgan fingerprint density at radius 2 is 1.95 bits per heavy atom. The van der Waals surface area contributed by atoms with Crippen LogP contribution in [0.4, 0.5) is 0 Å². The summed E-state index contributed by atoms with van der Waals surface area (Å²) >= 11 is 1.70. The molecule has 0 heterocycles. The molecule has 0 aliphatic heterocycles. The summed E-state index contributed by atoms with van der Waals surface area (Å²) in [6.07, 6.45) is 2.72. The molecule has 2 aromatic rings. The predicted molar refractivity (Wildman–Crippen MR) is 91.5 cm³/mol. The third-order valence-corrected chi connectivity index (χ3v) is 4.26. The zero-order chi connectivity index (χ0) is 15.2. The van der Waals surface area contributed by atoms with Crippen molar-refractivity contribution >= 4 is 28.4 Å². The van der Waals surface area contributed by atoms with Crippen molar-refractivity contribution in [2.24, 2.45) is 5.73 Å². The Morgan fingerprint density at radius 3 is 2.71 bits per heavy atom. The van der Waals surface area contributed by atoms with E-state index in [0.29, 0.717) is 6.42 Å². The van der Waals surface area contributed by atoms with Crippen molar-refractivity contribution < 1.29 is 4.79 Å². The summed E-state index contributed by atoms with van der Waals surface area (Å²) in [4.78, 5) is 12.1. The minimum atomic E-state index is -0.435. The quantitative estimate of drug-likeness (QED) is 0.862. The van der Waals surface area contributed by atoms with E-state index in [4.69, 9.17) is 5.73 Å². The van der Waals surface area contributed by atoms with Crippen LogP contribution in [0.15, 0.2) is 42.5 Å². The van der Waals surface area contributed by atoms with Gasteiger partial charge in [-0.3, -0.25) is 4.79 Å². The summed E-state index contributed by atoms with van der Waals surface area (Å²) in [7, 11) is 0. The molecule has 0 fully saturated rings. The highest BCUT2D eigenvalue weighted by Crippen LogP contribution is 2.24. The van der Waals surface area contributed by atoms with E-state index >= 15 is 0 Å². The average molecular weight is 302 g/mol. The van der Waals surface area contributed by atoms with Crippen molar-refractivity contribution in [2.75, 3.05) is 12.0 Å². The molecule has 3 nitrogen and oxygen atoms in total. The molecule has 0 spiro atoms. The average Bonchev–Trinajstić information content (AvgIpc) is 2.51. The minimum absolute atomic E-state index is 0.0519. The van der Waals surface area contributed by atoms with Gasteiger partial charge in [-0.25, -0.2) is 0 Å². The van der Waals surface area contributed by atoms with Crippen LogP contribution in [0.1, 0.15) is 24.9 Å². The van der Waals surface area contributed by atoms with Gasteiger partial charge in [0.05, 0.1) is 12.1 Å². The topological polar surface area (TPSA) is 55.1 Å². The van der Waals surface area contributed by atoms with Crippen molar-refractivity contribution in [3.63, 3.8) is 0 Å². The Kier molecular flexibility index (Phi) is 5.65. The molecule has 0 radical (unpaired) electrons. The summed E-state index contributed by atoms with van der Waals surface area (Å²) in [5, 5.41) is 5.38. The molecule has 1 amide bonds. The van der Waals surface area contributed by atoms with Crippen molar-refractivity contribution in [3.05, 3.63) is 48.0 Å². The van der Waals surface area contributed by atoms with Gasteiger partial charge in [0, 0.05) is 0 Å². The normalized spacial score (nSPS) is 13.9. The Bertz CT molecular complexity index is 609. The number of benzene rings is 2. The number of rotatable bonds is 6. The van der Waals surface area contributed by atoms with Crippen LogP contribution in [0.5, 0.6) is 0 Å². The largest absolute Gasteiger partial charge is 0.348 e. The van der Waals surface area contributed by atoms with E-state index < -0.39 is 6.04 Å². The lowest BCUT2D eigenvalue weighted by Crippen LogP contribution is -2.42. The standard InChI is InChI=1S/C17H22N2OS/c1-12(19-17(20)16(18)10-11-21-2)14-9-5-7-13-6-3-4-8-15(13)14/h3-9,12,16H,10-11,18H2,1-2H3,(H,19,20)/t12?,16-/m0/s1. The molecule has 4 heteroatoms. The summed E-state index contributed by atoms with van der Waals surface area (Å²) in [6.45, 7) is 2.00. The molecule has 112 valence electrons. The number of fused-ring (bicyclic) bond motifs is 1. The van der Waals surface area contributed by atoms with Crippen LogP contribution in [-0.2, 0) is 4.79 Å². The Labute approximate surface area is 130 Å². The Morgan fingerprint density at radius 1 is 1.24 bits per heavy atom. The maximum Gasteiger partial charge on any atom is 0.237 e. The highest BCUT2D eigenvalue weighted by Gasteiger charge is 2.17. The lowest BCUT2D eigenvalue weighted by atomic mass is 9.99. The number of carbonyl (C=O) groups excluding carboxylic acids is 1. The molecular weight excluding hydrogens is 280 g/mol. The number of thioether (sulfide) groups is 1. The molecule has 1 unspecified atom stereocenters. The Balaban J connectivity index is 2.12. The van der Waals surface area contributed by atoms with Crippen LogP contribution in [0.3, 0.4) is 0 Å². The molecule has 0 aliphatic rings. The summed E-state index contributed by atoms with van der Waals surface area (Å²) < 4.78 is 0. The Hall–Kier alpha value is -1.52. The summed E-state index contributed by atoms with van der Waals surface area (Å²) in [5.74, 6) is 0.821. The highest BCUT2D eigenvalue weighted by molar-refractivity contribution is 7.98. The van der Waals surface area contributed by atoms with E-state index in [0.717, 1.165) is 11.3 Å². The van der Waals surface area contributed by atoms with Gasteiger partial charge in [0.15, 0.2) is 0 Å². The monoisotopic (exact) mass is 302 g/mol. The number of hydrogen-bond donors (Lipinski definition) is 2. The first kappa shape index (κ1) is 15.9. The van der Waals surface area contributed by atoms with Crippen molar-refractivity contribution in [3.8, 4) is 0 Å². The van der Waals surface area contributed by atoms with E-state index in [1.165, 1.54) is 10.8 Å². The van der Waals surface area contributed by atoms with Gasteiger partial charge in [-0.2, -0.15) is 11.8 Å². The maximum atomic E-state index is 12.1. The van der Waals surface area contributed by atoms with Crippen LogP contribution in [0.25, 0.3) is 10.8 Å². The number of nitrogens with one attached hydrogen (secondary N) is 1. The molecule has 2 atom stereocenters. The van der Waals surface area contributed by atoms with Gasteiger partial charge in [0.2, 0.25) is 5.91 Å². The van der Waals surface area contributed by atoms with Crippen LogP contribution in [-0.4, -0.2) is 24.0 Å². The lowest BCUT2D eigenvalue weighted by Gasteiger charge is -2.19. The first-order chi connectivity index (χ1) is 10.1. The second-order valence-electron chi connectivity index (χ2n) is 5.19. The molecular formula is C17H22N2OS. The zero-order valence-corrected chi connectivity index (χ0v) is 13.3. The second-order valence-corrected chi connectivity index (χ2v) is 6.17. The van der Waals surface area contributed by atoms with Crippen molar-refractivity contribution in [1.82, 2.24) is 5.32 Å². The van der Waals surface area contributed by atoms with Gasteiger partial charge >= 0.3 is 0 Å². The molecule has 3 N–H and O–H groups in total. The number of carbonyl (C=O) groups is 1. The molecule has 2 rings (SSSR count). The van der Waals surface area contributed by atoms with Crippen molar-refractivity contribution in [2.45, 2.75) is 25.4 Å². The summed E-state index contributed by atoms with van der Waals surface area (Å²) in [5.41, 5.74) is 7.04. The zero-order valence-electron chi connectivity index (χ0n) is 12.5. The number of amides is 1. The van der Waals surface area contributed by atoms with Gasteiger partial charge in [-0.1, -0.05) is 42.5 Å². The van der Waals surface area contributed by atoms with Crippen LogP contribution in [0.2, 0.25) is 0 Å². The fourth-order valence-corrected chi connectivity index (χ4v) is 2.89. The van der Waals surface area contributed by atoms with E-state index in [-0.39, 0.29) is 11.9 Å². The van der Waals surface area contributed by atoms with Gasteiger partial charge in [0.1, 0.15) is 0 Å². The molecule has 0 aromatic heterocycles. The lowest BCUT2D eigenvalue weighted by molar-refractivity contribution is -0.123.